The van der Waals surface area contributed by atoms with E-state index < -0.39 is 11.7 Å². The first-order valence-electron chi connectivity index (χ1n) is 9.80. The van der Waals surface area contributed by atoms with E-state index in [-0.39, 0.29) is 17.8 Å². The molecule has 1 amide bonds. The number of nitrogens with zero attached hydrogens (tertiary/aromatic N) is 5. The molecule has 1 aliphatic rings. The summed E-state index contributed by atoms with van der Waals surface area (Å²) in [5.41, 5.74) is 7.42. The Morgan fingerprint density at radius 3 is 2.58 bits per heavy atom. The van der Waals surface area contributed by atoms with Crippen molar-refractivity contribution in [1.29, 1.82) is 0 Å². The number of halogens is 3. The summed E-state index contributed by atoms with van der Waals surface area (Å²) in [5.74, 6) is -0.144. The molecule has 0 radical (unpaired) electrons. The summed E-state index contributed by atoms with van der Waals surface area (Å²) < 4.78 is 40.3. The maximum Gasteiger partial charge on any atom is 0.416 e. The maximum atomic E-state index is 12.9. The number of hydrogen-bond donors (Lipinski definition) is 1. The number of nitrogen functional groups attached to an aromatic ring is 1. The van der Waals surface area contributed by atoms with Gasteiger partial charge in [-0.1, -0.05) is 12.1 Å². The fourth-order valence-corrected chi connectivity index (χ4v) is 3.88. The summed E-state index contributed by atoms with van der Waals surface area (Å²) in [4.78, 5) is 23.0. The van der Waals surface area contributed by atoms with E-state index in [4.69, 9.17) is 5.73 Å². The molecular formula is C21H21F3N6O. The highest BCUT2D eigenvalue weighted by Crippen LogP contribution is 2.35. The maximum absolute atomic E-state index is 12.9. The third-order valence-electron chi connectivity index (χ3n) is 5.41. The van der Waals surface area contributed by atoms with Crippen LogP contribution in [-0.4, -0.2) is 43.6 Å². The van der Waals surface area contributed by atoms with E-state index in [1.54, 1.807) is 22.8 Å². The number of benzene rings is 1. The summed E-state index contributed by atoms with van der Waals surface area (Å²) >= 11 is 0. The van der Waals surface area contributed by atoms with Crippen LogP contribution in [0.4, 0.5) is 19.1 Å². The zero-order valence-corrected chi connectivity index (χ0v) is 16.8. The molecule has 2 N–H and O–H groups in total. The molecule has 1 unspecified atom stereocenters. The van der Waals surface area contributed by atoms with E-state index >= 15 is 0 Å². The number of anilines is 1. The van der Waals surface area contributed by atoms with Crippen LogP contribution < -0.4 is 5.73 Å². The van der Waals surface area contributed by atoms with E-state index in [2.05, 4.69) is 15.1 Å². The lowest BCUT2D eigenvalue weighted by atomic mass is 9.89. The van der Waals surface area contributed by atoms with Crippen molar-refractivity contribution in [2.45, 2.75) is 24.9 Å². The Hall–Kier alpha value is -3.43. The number of hydrogen-bond acceptors (Lipinski definition) is 5. The summed E-state index contributed by atoms with van der Waals surface area (Å²) in [7, 11) is 1.75. The molecule has 31 heavy (non-hydrogen) atoms. The van der Waals surface area contributed by atoms with Gasteiger partial charge in [0.05, 0.1) is 23.0 Å². The van der Waals surface area contributed by atoms with Crippen molar-refractivity contribution in [3.63, 3.8) is 0 Å². The zero-order valence-electron chi connectivity index (χ0n) is 16.8. The molecule has 0 saturated carbocycles. The topological polar surface area (TPSA) is 89.9 Å². The predicted molar refractivity (Wildman–Crippen MR) is 108 cm³/mol. The minimum atomic E-state index is -4.41. The van der Waals surface area contributed by atoms with Crippen LogP contribution in [0.5, 0.6) is 0 Å². The number of aryl methyl sites for hydroxylation is 1. The average molecular weight is 430 g/mol. The molecule has 0 bridgehead atoms. The van der Waals surface area contributed by atoms with Crippen LogP contribution >= 0.6 is 0 Å². The van der Waals surface area contributed by atoms with Crippen molar-refractivity contribution in [1.82, 2.24) is 24.6 Å². The van der Waals surface area contributed by atoms with Crippen molar-refractivity contribution >= 4 is 11.9 Å². The molecule has 10 heteroatoms. The van der Waals surface area contributed by atoms with Crippen LogP contribution in [0.25, 0.3) is 11.1 Å². The lowest BCUT2D eigenvalue weighted by molar-refractivity contribution is -0.137. The van der Waals surface area contributed by atoms with E-state index in [1.807, 2.05) is 0 Å². The van der Waals surface area contributed by atoms with Gasteiger partial charge >= 0.3 is 6.18 Å². The van der Waals surface area contributed by atoms with Gasteiger partial charge < -0.3 is 10.6 Å². The molecule has 1 fully saturated rings. The Morgan fingerprint density at radius 1 is 1.19 bits per heavy atom. The number of amides is 1. The molecule has 3 aromatic rings. The number of piperidine rings is 1. The highest BCUT2D eigenvalue weighted by Gasteiger charge is 2.31. The standard InChI is InChI=1S/C21H21F3N6O/c1-29-11-15(9-27-29)19(31)30-8-2-3-14(12-30)18-17(10-26-20(25)28-18)13-4-6-16(7-5-13)21(22,23)24/h4-7,9-11,14H,2-3,8,12H2,1H3,(H2,25,26,28). The Labute approximate surface area is 176 Å². The Balaban J connectivity index is 1.63. The highest BCUT2D eigenvalue weighted by molar-refractivity contribution is 5.93. The van der Waals surface area contributed by atoms with Crippen LogP contribution in [0.15, 0.2) is 42.9 Å². The molecule has 3 heterocycles. The van der Waals surface area contributed by atoms with Crippen molar-refractivity contribution in [2.75, 3.05) is 18.8 Å². The van der Waals surface area contributed by atoms with Gasteiger partial charge in [0.1, 0.15) is 0 Å². The molecule has 1 aliphatic heterocycles. The van der Waals surface area contributed by atoms with Crippen LogP contribution in [0, 0.1) is 0 Å². The highest BCUT2D eigenvalue weighted by atomic mass is 19.4. The molecule has 1 saturated heterocycles. The Morgan fingerprint density at radius 2 is 1.94 bits per heavy atom. The van der Waals surface area contributed by atoms with Crippen molar-refractivity contribution in [2.24, 2.45) is 7.05 Å². The largest absolute Gasteiger partial charge is 0.416 e. The molecule has 4 rings (SSSR count). The first-order valence-corrected chi connectivity index (χ1v) is 9.80. The molecule has 7 nitrogen and oxygen atoms in total. The SMILES string of the molecule is Cn1cc(C(=O)N2CCCC(c3nc(N)ncc3-c3ccc(C(F)(F)F)cc3)C2)cn1. The fourth-order valence-electron chi connectivity index (χ4n) is 3.88. The second kappa shape index (κ2) is 8.01. The molecular weight excluding hydrogens is 409 g/mol. The number of carbonyl (C=O) groups excluding carboxylic acids is 1. The van der Waals surface area contributed by atoms with Gasteiger partial charge in [-0.3, -0.25) is 9.48 Å². The summed E-state index contributed by atoms with van der Waals surface area (Å²) in [6.07, 6.45) is 1.87. The number of carbonyl (C=O) groups is 1. The fraction of sp³-hybridized carbons (Fsp3) is 0.333. The number of nitrogens with two attached hydrogens (primary N) is 1. The van der Waals surface area contributed by atoms with Gasteiger partial charge in [0.25, 0.3) is 5.91 Å². The van der Waals surface area contributed by atoms with Crippen LogP contribution in [0.2, 0.25) is 0 Å². The second-order valence-corrected chi connectivity index (χ2v) is 7.60. The zero-order chi connectivity index (χ0) is 22.2. The molecule has 1 atom stereocenters. The van der Waals surface area contributed by atoms with Gasteiger partial charge in [0.2, 0.25) is 5.95 Å². The number of alkyl halides is 3. The van der Waals surface area contributed by atoms with Crippen molar-refractivity contribution < 1.29 is 18.0 Å². The van der Waals surface area contributed by atoms with Gasteiger partial charge in [-0.05, 0) is 30.5 Å². The first kappa shape index (κ1) is 20.8. The monoisotopic (exact) mass is 430 g/mol. The van der Waals surface area contributed by atoms with Crippen LogP contribution in [0.3, 0.4) is 0 Å². The van der Waals surface area contributed by atoms with Gasteiger partial charge in [-0.15, -0.1) is 0 Å². The van der Waals surface area contributed by atoms with Gasteiger partial charge in [0.15, 0.2) is 0 Å². The van der Waals surface area contributed by atoms with Gasteiger partial charge in [0, 0.05) is 44.0 Å². The minimum Gasteiger partial charge on any atom is -0.368 e. The lowest BCUT2D eigenvalue weighted by Gasteiger charge is -2.33. The summed E-state index contributed by atoms with van der Waals surface area (Å²) in [6, 6.07) is 4.88. The third kappa shape index (κ3) is 4.37. The van der Waals surface area contributed by atoms with Crippen LogP contribution in [-0.2, 0) is 13.2 Å². The smallest absolute Gasteiger partial charge is 0.368 e. The molecule has 2 aromatic heterocycles. The van der Waals surface area contributed by atoms with Crippen molar-refractivity contribution in [3.8, 4) is 11.1 Å². The average Bonchev–Trinajstić information content (AvgIpc) is 3.19. The molecule has 162 valence electrons. The van der Waals surface area contributed by atoms with Gasteiger partial charge in [-0.25, -0.2) is 9.97 Å². The predicted octanol–water partition coefficient (Wildman–Crippen LogP) is 3.50. The van der Waals surface area contributed by atoms with Gasteiger partial charge in [-0.2, -0.15) is 18.3 Å². The van der Waals surface area contributed by atoms with Crippen molar-refractivity contribution in [3.05, 3.63) is 59.7 Å². The first-order chi connectivity index (χ1) is 14.7. The second-order valence-electron chi connectivity index (χ2n) is 7.60. The van der Waals surface area contributed by atoms with E-state index in [1.165, 1.54) is 24.5 Å². The lowest BCUT2D eigenvalue weighted by Crippen LogP contribution is -2.39. The number of rotatable bonds is 3. The van der Waals surface area contributed by atoms with E-state index in [0.29, 0.717) is 35.5 Å². The molecule has 1 aromatic carbocycles. The molecule has 0 aliphatic carbocycles. The Kier molecular flexibility index (Phi) is 5.38. The Bertz CT molecular complexity index is 1090. The molecule has 0 spiro atoms. The number of aromatic nitrogens is 4. The van der Waals surface area contributed by atoms with E-state index in [9.17, 15) is 18.0 Å². The van der Waals surface area contributed by atoms with E-state index in [0.717, 1.165) is 25.0 Å². The third-order valence-corrected chi connectivity index (χ3v) is 5.41. The summed E-state index contributed by atoms with van der Waals surface area (Å²) in [6.45, 7) is 1.04. The normalized spacial score (nSPS) is 17.0. The quantitative estimate of drug-likeness (QED) is 0.687. The number of likely N-dealkylation sites (tertiary alicyclic amines) is 1. The minimum absolute atomic E-state index is 0.0846. The summed E-state index contributed by atoms with van der Waals surface area (Å²) in [5, 5.41) is 4.05. The van der Waals surface area contributed by atoms with Crippen LogP contribution in [0.1, 0.15) is 40.4 Å².